The van der Waals surface area contributed by atoms with Crippen molar-refractivity contribution < 1.29 is 14.8 Å². The van der Waals surface area contributed by atoms with Gasteiger partial charge in [0.2, 0.25) is 0 Å². The summed E-state index contributed by atoms with van der Waals surface area (Å²) in [5, 5.41) is 8.51. The summed E-state index contributed by atoms with van der Waals surface area (Å²) in [6.07, 6.45) is 4.93. The lowest BCUT2D eigenvalue weighted by atomic mass is 10.0. The minimum Gasteiger partial charge on any atom is -0.288 e. The summed E-state index contributed by atoms with van der Waals surface area (Å²) in [5.41, 5.74) is 6.21. The van der Waals surface area contributed by atoms with Gasteiger partial charge in [-0.05, 0) is 59.5 Å². The van der Waals surface area contributed by atoms with Crippen LogP contribution in [0.25, 0.3) is 6.08 Å². The normalized spacial score (nSPS) is 10.6. The van der Waals surface area contributed by atoms with Crippen LogP contribution in [0.5, 0.6) is 0 Å². The Kier molecular flexibility index (Phi) is 6.92. The van der Waals surface area contributed by atoms with Crippen molar-refractivity contribution in [2.75, 3.05) is 4.90 Å². The van der Waals surface area contributed by atoms with E-state index in [2.05, 4.69) is 6.58 Å². The van der Waals surface area contributed by atoms with Gasteiger partial charge in [0.25, 0.3) is 11.8 Å². The number of carbonyl (C=O) groups excluding carboxylic acids is 2. The Labute approximate surface area is 175 Å². The average Bonchev–Trinajstić information content (AvgIpc) is 2.80. The van der Waals surface area contributed by atoms with Crippen molar-refractivity contribution in [3.05, 3.63) is 114 Å². The van der Waals surface area contributed by atoms with Crippen LogP contribution < -0.4 is 10.4 Å². The van der Waals surface area contributed by atoms with Gasteiger partial charge in [0, 0.05) is 17.5 Å². The average molecular weight is 398 g/mol. The number of benzene rings is 3. The maximum Gasteiger partial charge on any atom is 0.267 e. The molecule has 0 unspecified atom stereocenters. The van der Waals surface area contributed by atoms with Gasteiger partial charge in [-0.1, -0.05) is 61.2 Å². The second-order valence-corrected chi connectivity index (χ2v) is 6.61. The van der Waals surface area contributed by atoms with E-state index in [1.165, 1.54) is 12.2 Å². The fourth-order valence-corrected chi connectivity index (χ4v) is 3.03. The molecule has 0 saturated heterocycles. The van der Waals surface area contributed by atoms with E-state index in [1.54, 1.807) is 16.5 Å². The van der Waals surface area contributed by atoms with Crippen LogP contribution in [0.3, 0.4) is 0 Å². The van der Waals surface area contributed by atoms with Crippen molar-refractivity contribution in [1.82, 2.24) is 5.48 Å². The molecule has 0 aliphatic carbocycles. The number of nitrogens with zero attached hydrogens (tertiary/aromatic N) is 1. The van der Waals surface area contributed by atoms with E-state index in [9.17, 15) is 9.59 Å². The second kappa shape index (κ2) is 10.0. The Hall–Kier alpha value is -3.96. The molecule has 150 valence electrons. The summed E-state index contributed by atoms with van der Waals surface area (Å²) in [7, 11) is 0. The molecule has 0 saturated carbocycles. The maximum atomic E-state index is 12.4. The quantitative estimate of drug-likeness (QED) is 0.346. The molecule has 0 radical (unpaired) electrons. The minimum absolute atomic E-state index is 0.188. The lowest BCUT2D eigenvalue weighted by molar-refractivity contribution is -0.124. The van der Waals surface area contributed by atoms with E-state index >= 15 is 0 Å². The lowest BCUT2D eigenvalue weighted by Gasteiger charge is -2.21. The predicted molar refractivity (Wildman–Crippen MR) is 118 cm³/mol. The standard InChI is InChI=1S/C25H22N2O3/c1-2-25(29)27(22-6-4-3-5-7-22)23-15-12-21(13-16-23)18-20-10-8-19(9-11-20)14-17-24(28)26-30/h2-17,30H,1,18H2,(H,26,28)/b17-14+. The van der Waals surface area contributed by atoms with Gasteiger partial charge in [-0.3, -0.25) is 19.7 Å². The zero-order valence-electron chi connectivity index (χ0n) is 16.4. The Balaban J connectivity index is 1.73. The van der Waals surface area contributed by atoms with Gasteiger partial charge >= 0.3 is 0 Å². The topological polar surface area (TPSA) is 69.6 Å². The van der Waals surface area contributed by atoms with Gasteiger partial charge in [-0.2, -0.15) is 0 Å². The number of hydrogen-bond acceptors (Lipinski definition) is 3. The van der Waals surface area contributed by atoms with E-state index in [4.69, 9.17) is 5.21 Å². The van der Waals surface area contributed by atoms with Crippen molar-refractivity contribution in [3.8, 4) is 0 Å². The zero-order chi connectivity index (χ0) is 21.3. The van der Waals surface area contributed by atoms with Crippen LogP contribution in [0.4, 0.5) is 11.4 Å². The van der Waals surface area contributed by atoms with E-state index in [1.807, 2.05) is 78.9 Å². The minimum atomic E-state index is -0.571. The first-order chi connectivity index (χ1) is 14.6. The highest BCUT2D eigenvalue weighted by molar-refractivity contribution is 6.06. The van der Waals surface area contributed by atoms with Crippen LogP contribution in [0.1, 0.15) is 16.7 Å². The molecule has 5 nitrogen and oxygen atoms in total. The van der Waals surface area contributed by atoms with Crippen LogP contribution in [-0.2, 0) is 16.0 Å². The summed E-state index contributed by atoms with van der Waals surface area (Å²) in [4.78, 5) is 25.1. The third-order valence-electron chi connectivity index (χ3n) is 4.53. The first-order valence-electron chi connectivity index (χ1n) is 9.42. The monoisotopic (exact) mass is 398 g/mol. The summed E-state index contributed by atoms with van der Waals surface area (Å²) in [6, 6.07) is 25.1. The molecule has 2 amide bonds. The molecule has 0 atom stereocenters. The number of hydrogen-bond donors (Lipinski definition) is 2. The number of hydroxylamine groups is 1. The third-order valence-corrected chi connectivity index (χ3v) is 4.53. The van der Waals surface area contributed by atoms with Crippen molar-refractivity contribution in [1.29, 1.82) is 0 Å². The molecule has 0 spiro atoms. The number of nitrogens with one attached hydrogen (secondary N) is 1. The fourth-order valence-electron chi connectivity index (χ4n) is 3.03. The molecule has 0 aliphatic rings. The van der Waals surface area contributed by atoms with Crippen LogP contribution in [-0.4, -0.2) is 17.0 Å². The summed E-state index contributed by atoms with van der Waals surface area (Å²) < 4.78 is 0. The van der Waals surface area contributed by atoms with Crippen molar-refractivity contribution in [2.45, 2.75) is 6.42 Å². The fraction of sp³-hybridized carbons (Fsp3) is 0.0400. The van der Waals surface area contributed by atoms with Gasteiger partial charge in [0.1, 0.15) is 0 Å². The Morgan fingerprint density at radius 2 is 1.43 bits per heavy atom. The van der Waals surface area contributed by atoms with Gasteiger partial charge in [-0.15, -0.1) is 0 Å². The summed E-state index contributed by atoms with van der Waals surface area (Å²) >= 11 is 0. The van der Waals surface area contributed by atoms with E-state index in [-0.39, 0.29) is 5.91 Å². The first-order valence-corrected chi connectivity index (χ1v) is 9.42. The Bertz CT molecular complexity index is 1040. The number of para-hydroxylation sites is 1. The molecule has 0 aliphatic heterocycles. The van der Waals surface area contributed by atoms with Gasteiger partial charge < -0.3 is 0 Å². The number of carbonyl (C=O) groups is 2. The largest absolute Gasteiger partial charge is 0.288 e. The highest BCUT2D eigenvalue weighted by Gasteiger charge is 2.14. The Morgan fingerprint density at radius 1 is 0.867 bits per heavy atom. The van der Waals surface area contributed by atoms with E-state index in [0.29, 0.717) is 0 Å². The SMILES string of the molecule is C=CC(=O)N(c1ccccc1)c1ccc(Cc2ccc(/C=C/C(=O)NO)cc2)cc1. The molecule has 0 bridgehead atoms. The van der Waals surface area contributed by atoms with Gasteiger partial charge in [0.15, 0.2) is 0 Å². The summed E-state index contributed by atoms with van der Waals surface area (Å²) in [6.45, 7) is 3.61. The van der Waals surface area contributed by atoms with Crippen molar-refractivity contribution >= 4 is 29.3 Å². The first kappa shape index (κ1) is 20.8. The molecule has 3 aromatic carbocycles. The summed E-state index contributed by atoms with van der Waals surface area (Å²) in [5.74, 6) is -0.758. The lowest BCUT2D eigenvalue weighted by Crippen LogP contribution is -2.23. The maximum absolute atomic E-state index is 12.4. The third kappa shape index (κ3) is 5.31. The van der Waals surface area contributed by atoms with E-state index < -0.39 is 5.91 Å². The van der Waals surface area contributed by atoms with Crippen molar-refractivity contribution in [2.24, 2.45) is 0 Å². The molecule has 0 aromatic heterocycles. The molecule has 3 aromatic rings. The molecule has 30 heavy (non-hydrogen) atoms. The van der Waals surface area contributed by atoms with Crippen LogP contribution >= 0.6 is 0 Å². The van der Waals surface area contributed by atoms with E-state index in [0.717, 1.165) is 34.5 Å². The highest BCUT2D eigenvalue weighted by Crippen LogP contribution is 2.26. The molecule has 0 fully saturated rings. The van der Waals surface area contributed by atoms with Crippen molar-refractivity contribution in [3.63, 3.8) is 0 Å². The number of anilines is 2. The molecule has 0 heterocycles. The molecule has 2 N–H and O–H groups in total. The van der Waals surface area contributed by atoms with Gasteiger partial charge in [0.05, 0.1) is 0 Å². The smallest absolute Gasteiger partial charge is 0.267 e. The second-order valence-electron chi connectivity index (χ2n) is 6.61. The number of rotatable bonds is 7. The molecular formula is C25H22N2O3. The van der Waals surface area contributed by atoms with Crippen LogP contribution in [0.15, 0.2) is 97.6 Å². The predicted octanol–water partition coefficient (Wildman–Crippen LogP) is 4.65. The zero-order valence-corrected chi connectivity index (χ0v) is 16.4. The Morgan fingerprint density at radius 3 is 2.00 bits per heavy atom. The highest BCUT2D eigenvalue weighted by atomic mass is 16.5. The van der Waals surface area contributed by atoms with Crippen LogP contribution in [0, 0.1) is 0 Å². The molecule has 5 heteroatoms. The molecule has 3 rings (SSSR count). The number of amides is 2. The van der Waals surface area contributed by atoms with Crippen LogP contribution in [0.2, 0.25) is 0 Å². The van der Waals surface area contributed by atoms with Gasteiger partial charge in [-0.25, -0.2) is 5.48 Å². The molecular weight excluding hydrogens is 376 g/mol.